The van der Waals surface area contributed by atoms with E-state index in [9.17, 15) is 14.9 Å². The SMILES string of the molecule is N#CC(C(=O)N1CCCCC1)=C1N=C(NC(=O)c2ccccc2)c2ccccc21. The van der Waals surface area contributed by atoms with Crippen molar-refractivity contribution in [3.8, 4) is 6.07 Å². The Morgan fingerprint density at radius 1 is 0.931 bits per heavy atom. The topological polar surface area (TPSA) is 85.6 Å². The zero-order valence-electron chi connectivity index (χ0n) is 15.9. The van der Waals surface area contributed by atoms with Crippen molar-refractivity contribution in [2.45, 2.75) is 19.3 Å². The predicted molar refractivity (Wildman–Crippen MR) is 110 cm³/mol. The van der Waals surface area contributed by atoms with E-state index in [1.54, 1.807) is 29.2 Å². The van der Waals surface area contributed by atoms with Crippen LogP contribution in [0.25, 0.3) is 5.70 Å². The maximum Gasteiger partial charge on any atom is 0.266 e. The van der Waals surface area contributed by atoms with Gasteiger partial charge in [0.15, 0.2) is 0 Å². The first-order chi connectivity index (χ1) is 14.2. The van der Waals surface area contributed by atoms with E-state index < -0.39 is 0 Å². The van der Waals surface area contributed by atoms with Crippen molar-refractivity contribution < 1.29 is 9.59 Å². The number of aliphatic imine (C=N–C) groups is 1. The molecular formula is C23H20N4O2. The molecule has 0 unspecified atom stereocenters. The van der Waals surface area contributed by atoms with E-state index in [-0.39, 0.29) is 17.4 Å². The lowest BCUT2D eigenvalue weighted by Crippen LogP contribution is -2.36. The Balaban J connectivity index is 1.71. The number of nitriles is 1. The molecule has 2 amide bonds. The molecule has 0 aromatic heterocycles. The average Bonchev–Trinajstić information content (AvgIpc) is 3.13. The van der Waals surface area contributed by atoms with Gasteiger partial charge >= 0.3 is 0 Å². The second-order valence-electron chi connectivity index (χ2n) is 7.01. The number of carbonyl (C=O) groups excluding carboxylic acids is 2. The smallest absolute Gasteiger partial charge is 0.266 e. The molecule has 4 rings (SSSR count). The summed E-state index contributed by atoms with van der Waals surface area (Å²) in [5.74, 6) is -0.235. The number of carbonyl (C=O) groups is 2. The van der Waals surface area contributed by atoms with E-state index in [4.69, 9.17) is 0 Å². The van der Waals surface area contributed by atoms with Crippen LogP contribution in [0.1, 0.15) is 40.7 Å². The van der Waals surface area contributed by atoms with E-state index in [1.807, 2.05) is 30.3 Å². The van der Waals surface area contributed by atoms with Gasteiger partial charge in [-0.05, 0) is 31.4 Å². The summed E-state index contributed by atoms with van der Waals surface area (Å²) in [4.78, 5) is 31.8. The summed E-state index contributed by atoms with van der Waals surface area (Å²) < 4.78 is 0. The van der Waals surface area contributed by atoms with Crippen molar-refractivity contribution in [3.63, 3.8) is 0 Å². The molecule has 6 nitrogen and oxygen atoms in total. The van der Waals surface area contributed by atoms with Crippen LogP contribution in [0.2, 0.25) is 0 Å². The molecule has 0 saturated carbocycles. The van der Waals surface area contributed by atoms with Crippen molar-refractivity contribution in [3.05, 3.63) is 76.9 Å². The molecule has 1 N–H and O–H groups in total. The summed E-state index contributed by atoms with van der Waals surface area (Å²) in [5.41, 5.74) is 2.23. The fraction of sp³-hybridized carbons (Fsp3) is 0.217. The zero-order chi connectivity index (χ0) is 20.2. The number of rotatable bonds is 2. The minimum Gasteiger partial charge on any atom is -0.338 e. The van der Waals surface area contributed by atoms with Gasteiger partial charge in [0.05, 0.1) is 5.70 Å². The number of nitrogens with zero attached hydrogens (tertiary/aromatic N) is 3. The van der Waals surface area contributed by atoms with Gasteiger partial charge in [0.25, 0.3) is 11.8 Å². The van der Waals surface area contributed by atoms with Gasteiger partial charge in [-0.25, -0.2) is 4.99 Å². The van der Waals surface area contributed by atoms with Crippen LogP contribution in [0, 0.1) is 11.3 Å². The maximum absolute atomic E-state index is 13.0. The van der Waals surface area contributed by atoms with Gasteiger partial charge in [0, 0.05) is 29.8 Å². The van der Waals surface area contributed by atoms with E-state index in [2.05, 4.69) is 16.4 Å². The van der Waals surface area contributed by atoms with Gasteiger partial charge in [0.1, 0.15) is 17.5 Å². The summed E-state index contributed by atoms with van der Waals surface area (Å²) in [6.45, 7) is 1.31. The molecule has 2 aromatic rings. The third-order valence-electron chi connectivity index (χ3n) is 5.13. The fourth-order valence-corrected chi connectivity index (χ4v) is 3.64. The van der Waals surface area contributed by atoms with E-state index in [0.717, 1.165) is 19.3 Å². The van der Waals surface area contributed by atoms with Crippen LogP contribution in [0.5, 0.6) is 0 Å². The molecule has 1 saturated heterocycles. The second kappa shape index (κ2) is 8.11. The number of likely N-dealkylation sites (tertiary alicyclic amines) is 1. The highest BCUT2D eigenvalue weighted by Gasteiger charge is 2.29. The lowest BCUT2D eigenvalue weighted by molar-refractivity contribution is -0.127. The van der Waals surface area contributed by atoms with Crippen molar-refractivity contribution in [1.29, 1.82) is 5.26 Å². The molecule has 0 bridgehead atoms. The number of nitrogens with one attached hydrogen (secondary N) is 1. The molecule has 2 aliphatic rings. The number of amides is 2. The van der Waals surface area contributed by atoms with Crippen LogP contribution >= 0.6 is 0 Å². The van der Waals surface area contributed by atoms with E-state index >= 15 is 0 Å². The highest BCUT2D eigenvalue weighted by atomic mass is 16.2. The minimum absolute atomic E-state index is 0.0170. The summed E-state index contributed by atoms with van der Waals surface area (Å²) in [6, 6.07) is 18.2. The largest absolute Gasteiger partial charge is 0.338 e. The standard InChI is InChI=1S/C23H20N4O2/c24-15-19(23(29)27-13-7-2-8-14-27)20-17-11-5-6-12-18(17)21(25-20)26-22(28)16-9-3-1-4-10-16/h1,3-6,9-12H,2,7-8,13-14H2,(H,25,26,28). The molecule has 2 aliphatic heterocycles. The molecule has 0 spiro atoms. The number of hydrogen-bond acceptors (Lipinski definition) is 4. The third kappa shape index (κ3) is 3.67. The number of piperidine rings is 1. The quantitative estimate of drug-likeness (QED) is 0.638. The molecule has 1 fully saturated rings. The summed E-state index contributed by atoms with van der Waals surface area (Å²) in [5, 5.41) is 12.6. The van der Waals surface area contributed by atoms with E-state index in [0.29, 0.717) is 41.3 Å². The van der Waals surface area contributed by atoms with E-state index in [1.165, 1.54) is 0 Å². The Bertz CT molecular complexity index is 1060. The van der Waals surface area contributed by atoms with Gasteiger partial charge in [-0.1, -0.05) is 42.5 Å². The lowest BCUT2D eigenvalue weighted by atomic mass is 10.0. The van der Waals surface area contributed by atoms with Crippen LogP contribution in [0.3, 0.4) is 0 Å². The highest BCUT2D eigenvalue weighted by Crippen LogP contribution is 2.31. The summed E-state index contributed by atoms with van der Waals surface area (Å²) >= 11 is 0. The Morgan fingerprint density at radius 2 is 1.59 bits per heavy atom. The molecule has 0 aliphatic carbocycles. The van der Waals surface area contributed by atoms with Crippen molar-refractivity contribution >= 4 is 23.3 Å². The summed E-state index contributed by atoms with van der Waals surface area (Å²) in [6.07, 6.45) is 2.98. The lowest BCUT2D eigenvalue weighted by Gasteiger charge is -2.26. The minimum atomic E-state index is -0.295. The Morgan fingerprint density at radius 3 is 2.28 bits per heavy atom. The van der Waals surface area contributed by atoms with Gasteiger partial charge in [-0.2, -0.15) is 5.26 Å². The zero-order valence-corrected chi connectivity index (χ0v) is 15.9. The first-order valence-corrected chi connectivity index (χ1v) is 9.67. The van der Waals surface area contributed by atoms with Crippen molar-refractivity contribution in [2.75, 3.05) is 13.1 Å². The van der Waals surface area contributed by atoms with Crippen LogP contribution in [0.4, 0.5) is 0 Å². The Labute approximate surface area is 169 Å². The molecule has 144 valence electrons. The average molecular weight is 384 g/mol. The highest BCUT2D eigenvalue weighted by molar-refractivity contribution is 6.20. The second-order valence-corrected chi connectivity index (χ2v) is 7.01. The van der Waals surface area contributed by atoms with Crippen molar-refractivity contribution in [2.24, 2.45) is 4.99 Å². The van der Waals surface area contributed by atoms with Gasteiger partial charge < -0.3 is 10.2 Å². The van der Waals surface area contributed by atoms with Crippen LogP contribution < -0.4 is 5.32 Å². The Hall–Kier alpha value is -3.72. The van der Waals surface area contributed by atoms with Crippen LogP contribution in [-0.2, 0) is 4.79 Å². The number of amidine groups is 1. The molecule has 29 heavy (non-hydrogen) atoms. The fourth-order valence-electron chi connectivity index (χ4n) is 3.64. The number of hydrogen-bond donors (Lipinski definition) is 1. The third-order valence-corrected chi connectivity index (χ3v) is 5.13. The van der Waals surface area contributed by atoms with Gasteiger partial charge in [-0.3, -0.25) is 9.59 Å². The molecule has 2 heterocycles. The first-order valence-electron chi connectivity index (χ1n) is 9.67. The predicted octanol–water partition coefficient (Wildman–Crippen LogP) is 3.12. The van der Waals surface area contributed by atoms with Crippen molar-refractivity contribution in [1.82, 2.24) is 10.2 Å². The maximum atomic E-state index is 13.0. The van der Waals surface area contributed by atoms with Crippen LogP contribution in [0.15, 0.2) is 65.2 Å². The van der Waals surface area contributed by atoms with Gasteiger partial charge in [0.2, 0.25) is 0 Å². The molecule has 0 radical (unpaired) electrons. The molecule has 0 atom stereocenters. The monoisotopic (exact) mass is 384 g/mol. The van der Waals surface area contributed by atoms with Crippen LogP contribution in [-0.4, -0.2) is 35.6 Å². The van der Waals surface area contributed by atoms with Gasteiger partial charge in [-0.15, -0.1) is 0 Å². The first kappa shape index (κ1) is 18.6. The summed E-state index contributed by atoms with van der Waals surface area (Å²) in [7, 11) is 0. The Kier molecular flexibility index (Phi) is 5.21. The molecular weight excluding hydrogens is 364 g/mol. The number of benzene rings is 2. The molecule has 2 aromatic carbocycles. The normalized spacial score (nSPS) is 17.1. The molecule has 6 heteroatoms. The number of fused-ring (bicyclic) bond motifs is 1.